The fraction of sp³-hybridized carbons (Fsp3) is 0.818. The van der Waals surface area contributed by atoms with Crippen molar-refractivity contribution in [3.63, 3.8) is 0 Å². The molecule has 0 aromatic carbocycles. The molecule has 0 heterocycles. The molecular formula is C11H19NO4. The summed E-state index contributed by atoms with van der Waals surface area (Å²) >= 11 is 0. The summed E-state index contributed by atoms with van der Waals surface area (Å²) in [7, 11) is 1.64. The Morgan fingerprint density at radius 2 is 1.88 bits per heavy atom. The zero-order valence-corrected chi connectivity index (χ0v) is 9.56. The summed E-state index contributed by atoms with van der Waals surface area (Å²) in [4.78, 5) is 23.5. The van der Waals surface area contributed by atoms with Gasteiger partial charge in [-0.1, -0.05) is 12.8 Å². The van der Waals surface area contributed by atoms with Crippen LogP contribution in [0.25, 0.3) is 0 Å². The monoisotopic (exact) mass is 229 g/mol. The Morgan fingerprint density at radius 3 is 2.44 bits per heavy atom. The number of aliphatic hydroxyl groups is 1. The maximum atomic E-state index is 11.6. The van der Waals surface area contributed by atoms with Crippen LogP contribution in [-0.2, 0) is 9.59 Å². The molecule has 0 radical (unpaired) electrons. The maximum Gasteiger partial charge on any atom is 0.303 e. The molecule has 2 atom stereocenters. The summed E-state index contributed by atoms with van der Waals surface area (Å²) in [5.74, 6) is -1.17. The van der Waals surface area contributed by atoms with Crippen LogP contribution < -0.4 is 0 Å². The number of carbonyl (C=O) groups is 2. The molecule has 5 heteroatoms. The van der Waals surface area contributed by atoms with Gasteiger partial charge in [-0.25, -0.2) is 0 Å². The predicted molar refractivity (Wildman–Crippen MR) is 57.9 cm³/mol. The standard InChI is InChI=1S/C11H19NO4/c1-12(10(14)6-7-11(15)16)8-4-2-3-5-9(8)13/h8-9,13H,2-7H2,1H3,(H,15,16). The third-order valence-corrected chi connectivity index (χ3v) is 3.14. The van der Waals surface area contributed by atoms with Gasteiger partial charge in [0.2, 0.25) is 5.91 Å². The van der Waals surface area contributed by atoms with Gasteiger partial charge in [0.1, 0.15) is 0 Å². The summed E-state index contributed by atoms with van der Waals surface area (Å²) < 4.78 is 0. The fourth-order valence-electron chi connectivity index (χ4n) is 2.12. The number of rotatable bonds is 4. The second-order valence-corrected chi connectivity index (χ2v) is 4.32. The molecule has 5 nitrogen and oxygen atoms in total. The molecule has 0 aromatic rings. The van der Waals surface area contributed by atoms with Gasteiger partial charge in [0.05, 0.1) is 18.6 Å². The minimum Gasteiger partial charge on any atom is -0.481 e. The minimum atomic E-state index is -0.967. The number of carboxylic acids is 1. The van der Waals surface area contributed by atoms with E-state index in [0.29, 0.717) is 0 Å². The van der Waals surface area contributed by atoms with E-state index in [1.165, 1.54) is 4.90 Å². The largest absolute Gasteiger partial charge is 0.481 e. The van der Waals surface area contributed by atoms with Gasteiger partial charge in [-0.05, 0) is 12.8 Å². The zero-order chi connectivity index (χ0) is 12.1. The van der Waals surface area contributed by atoms with E-state index in [-0.39, 0.29) is 24.8 Å². The number of aliphatic carboxylic acids is 1. The van der Waals surface area contributed by atoms with Crippen LogP contribution >= 0.6 is 0 Å². The summed E-state index contributed by atoms with van der Waals surface area (Å²) in [6.07, 6.45) is 2.93. The molecule has 0 aliphatic heterocycles. The third kappa shape index (κ3) is 3.48. The second kappa shape index (κ2) is 5.84. The van der Waals surface area contributed by atoms with Crippen LogP contribution in [0.5, 0.6) is 0 Å². The molecule has 1 aliphatic rings. The first kappa shape index (κ1) is 13.0. The van der Waals surface area contributed by atoms with E-state index in [2.05, 4.69) is 0 Å². The lowest BCUT2D eigenvalue weighted by atomic mass is 9.91. The van der Waals surface area contributed by atoms with Gasteiger partial charge in [0.25, 0.3) is 0 Å². The minimum absolute atomic E-state index is 0.00898. The van der Waals surface area contributed by atoms with E-state index in [1.54, 1.807) is 7.05 Å². The van der Waals surface area contributed by atoms with Gasteiger partial charge in [-0.2, -0.15) is 0 Å². The van der Waals surface area contributed by atoms with E-state index >= 15 is 0 Å². The van der Waals surface area contributed by atoms with E-state index in [4.69, 9.17) is 5.11 Å². The molecule has 1 saturated carbocycles. The van der Waals surface area contributed by atoms with Gasteiger partial charge in [-0.3, -0.25) is 9.59 Å². The first-order chi connectivity index (χ1) is 7.52. The van der Waals surface area contributed by atoms with Gasteiger partial charge < -0.3 is 15.1 Å². The van der Waals surface area contributed by atoms with Crippen LogP contribution in [0.1, 0.15) is 38.5 Å². The average molecular weight is 229 g/mol. The Labute approximate surface area is 95.1 Å². The van der Waals surface area contributed by atoms with E-state index in [0.717, 1.165) is 25.7 Å². The SMILES string of the molecule is CN(C(=O)CCC(=O)O)C1CCCCC1O. The molecule has 16 heavy (non-hydrogen) atoms. The third-order valence-electron chi connectivity index (χ3n) is 3.14. The number of nitrogens with zero attached hydrogens (tertiary/aromatic N) is 1. The molecule has 92 valence electrons. The lowest BCUT2D eigenvalue weighted by Crippen LogP contribution is -2.46. The molecule has 1 amide bonds. The Morgan fingerprint density at radius 1 is 1.25 bits per heavy atom. The van der Waals surface area contributed by atoms with Crippen molar-refractivity contribution in [1.29, 1.82) is 0 Å². The summed E-state index contributed by atoms with van der Waals surface area (Å²) in [5, 5.41) is 18.2. The van der Waals surface area contributed by atoms with Gasteiger partial charge in [0.15, 0.2) is 0 Å². The van der Waals surface area contributed by atoms with Crippen molar-refractivity contribution in [2.24, 2.45) is 0 Å². The lowest BCUT2D eigenvalue weighted by molar-refractivity contribution is -0.142. The number of likely N-dealkylation sites (N-methyl/N-ethyl adjacent to an activating group) is 1. The Hall–Kier alpha value is -1.10. The quantitative estimate of drug-likeness (QED) is 0.740. The Balaban J connectivity index is 2.45. The topological polar surface area (TPSA) is 77.8 Å². The van der Waals surface area contributed by atoms with Crippen molar-refractivity contribution in [2.75, 3.05) is 7.05 Å². The molecule has 0 aromatic heterocycles. The van der Waals surface area contributed by atoms with Crippen LogP contribution in [0.3, 0.4) is 0 Å². The van der Waals surface area contributed by atoms with Crippen LogP contribution in [-0.4, -0.2) is 46.2 Å². The van der Waals surface area contributed by atoms with Crippen molar-refractivity contribution in [3.05, 3.63) is 0 Å². The zero-order valence-electron chi connectivity index (χ0n) is 9.56. The number of hydrogen-bond donors (Lipinski definition) is 2. The van der Waals surface area contributed by atoms with Crippen LogP contribution in [0.15, 0.2) is 0 Å². The first-order valence-electron chi connectivity index (χ1n) is 5.68. The molecule has 1 fully saturated rings. The highest BCUT2D eigenvalue weighted by atomic mass is 16.4. The number of hydrogen-bond acceptors (Lipinski definition) is 3. The van der Waals surface area contributed by atoms with Gasteiger partial charge in [-0.15, -0.1) is 0 Å². The average Bonchev–Trinajstić information content (AvgIpc) is 2.25. The van der Waals surface area contributed by atoms with Gasteiger partial charge in [0, 0.05) is 13.5 Å². The van der Waals surface area contributed by atoms with Crippen molar-refractivity contribution in [2.45, 2.75) is 50.7 Å². The molecular weight excluding hydrogens is 210 g/mol. The Kier molecular flexibility index (Phi) is 4.73. The van der Waals surface area contributed by atoms with Crippen LogP contribution in [0.2, 0.25) is 0 Å². The van der Waals surface area contributed by atoms with Crippen LogP contribution in [0, 0.1) is 0 Å². The van der Waals surface area contributed by atoms with Crippen LogP contribution in [0.4, 0.5) is 0 Å². The van der Waals surface area contributed by atoms with Crippen molar-refractivity contribution in [3.8, 4) is 0 Å². The molecule has 1 aliphatic carbocycles. The van der Waals surface area contributed by atoms with Crippen molar-refractivity contribution >= 4 is 11.9 Å². The molecule has 1 rings (SSSR count). The lowest BCUT2D eigenvalue weighted by Gasteiger charge is -2.35. The smallest absolute Gasteiger partial charge is 0.303 e. The van der Waals surface area contributed by atoms with Crippen molar-refractivity contribution < 1.29 is 19.8 Å². The predicted octanol–water partition coefficient (Wildman–Crippen LogP) is 0.613. The van der Waals surface area contributed by atoms with E-state index in [9.17, 15) is 14.7 Å². The number of carbonyl (C=O) groups excluding carboxylic acids is 1. The Bertz CT molecular complexity index is 267. The molecule has 0 bridgehead atoms. The van der Waals surface area contributed by atoms with E-state index < -0.39 is 12.1 Å². The summed E-state index contributed by atoms with van der Waals surface area (Å²) in [6.45, 7) is 0. The fourth-order valence-corrected chi connectivity index (χ4v) is 2.12. The molecule has 0 spiro atoms. The van der Waals surface area contributed by atoms with Crippen molar-refractivity contribution in [1.82, 2.24) is 4.90 Å². The number of carboxylic acid groups (broad SMARTS) is 1. The molecule has 2 N–H and O–H groups in total. The molecule has 0 saturated heterocycles. The van der Waals surface area contributed by atoms with Gasteiger partial charge >= 0.3 is 5.97 Å². The first-order valence-corrected chi connectivity index (χ1v) is 5.68. The second-order valence-electron chi connectivity index (χ2n) is 4.32. The maximum absolute atomic E-state index is 11.6. The summed E-state index contributed by atoms with van der Waals surface area (Å²) in [6, 6.07) is -0.143. The highest BCUT2D eigenvalue weighted by Crippen LogP contribution is 2.22. The van der Waals surface area contributed by atoms with E-state index in [1.807, 2.05) is 0 Å². The highest BCUT2D eigenvalue weighted by Gasteiger charge is 2.29. The highest BCUT2D eigenvalue weighted by molar-refractivity contribution is 5.80. The summed E-state index contributed by atoms with van der Waals surface area (Å²) in [5.41, 5.74) is 0. The number of aliphatic hydroxyl groups excluding tert-OH is 1. The molecule has 2 unspecified atom stereocenters. The number of amides is 1. The normalized spacial score (nSPS) is 25.1.